The highest BCUT2D eigenvalue weighted by Gasteiger charge is 2.11. The molecule has 0 spiro atoms. The molecule has 128 valence electrons. The topological polar surface area (TPSA) is 70.8 Å². The zero-order valence-electron chi connectivity index (χ0n) is 13.7. The van der Waals surface area contributed by atoms with E-state index in [-0.39, 0.29) is 13.2 Å². The van der Waals surface area contributed by atoms with Gasteiger partial charge in [-0.25, -0.2) is 4.79 Å². The van der Waals surface area contributed by atoms with Crippen LogP contribution < -0.4 is 9.47 Å². The van der Waals surface area contributed by atoms with E-state index in [4.69, 9.17) is 18.7 Å². The van der Waals surface area contributed by atoms with Crippen LogP contribution in [0.4, 0.5) is 0 Å². The van der Waals surface area contributed by atoms with Crippen molar-refractivity contribution in [2.24, 2.45) is 0 Å². The average Bonchev–Trinajstić information content (AvgIpc) is 3.14. The fourth-order valence-electron chi connectivity index (χ4n) is 2.19. The van der Waals surface area contributed by atoms with Crippen molar-refractivity contribution in [1.29, 1.82) is 0 Å². The van der Waals surface area contributed by atoms with Crippen LogP contribution in [0.15, 0.2) is 65.2 Å². The van der Waals surface area contributed by atoms with E-state index < -0.39 is 5.97 Å². The van der Waals surface area contributed by atoms with Crippen molar-refractivity contribution in [2.45, 2.75) is 6.61 Å². The molecule has 1 aromatic heterocycles. The van der Waals surface area contributed by atoms with Crippen LogP contribution in [0.25, 0.3) is 11.3 Å². The number of ether oxygens (including phenoxy) is 3. The van der Waals surface area contributed by atoms with Gasteiger partial charge < -0.3 is 18.7 Å². The zero-order chi connectivity index (χ0) is 17.5. The van der Waals surface area contributed by atoms with E-state index in [0.29, 0.717) is 23.0 Å². The maximum atomic E-state index is 11.8. The van der Waals surface area contributed by atoms with E-state index in [2.05, 4.69) is 5.16 Å². The van der Waals surface area contributed by atoms with Crippen molar-refractivity contribution < 1.29 is 23.5 Å². The molecule has 0 saturated heterocycles. The number of esters is 1. The average molecular weight is 339 g/mol. The highest BCUT2D eigenvalue weighted by Crippen LogP contribution is 2.25. The summed E-state index contributed by atoms with van der Waals surface area (Å²) in [5, 5.41) is 3.90. The van der Waals surface area contributed by atoms with Gasteiger partial charge in [0, 0.05) is 11.6 Å². The van der Waals surface area contributed by atoms with Gasteiger partial charge in [-0.05, 0) is 12.1 Å². The molecule has 3 aromatic rings. The number of rotatable bonds is 7. The Balaban J connectivity index is 1.50. The summed E-state index contributed by atoms with van der Waals surface area (Å²) in [6.45, 7) is -0.200. The summed E-state index contributed by atoms with van der Waals surface area (Å²) in [6.07, 6.45) is 0. The SMILES string of the molecule is COc1ccccc1OCC(=O)OCc1cc(-c2ccccc2)on1. The Morgan fingerprint density at radius 2 is 1.76 bits per heavy atom. The largest absolute Gasteiger partial charge is 0.493 e. The van der Waals surface area contributed by atoms with Gasteiger partial charge in [0.1, 0.15) is 12.3 Å². The Bertz CT molecular complexity index is 829. The number of hydrogen-bond donors (Lipinski definition) is 0. The van der Waals surface area contributed by atoms with Crippen LogP contribution in [0.5, 0.6) is 11.5 Å². The molecule has 0 amide bonds. The minimum absolute atomic E-state index is 0.0183. The van der Waals surface area contributed by atoms with Crippen LogP contribution in [-0.2, 0) is 16.1 Å². The highest BCUT2D eigenvalue weighted by atomic mass is 16.6. The molecular formula is C19H17NO5. The molecule has 3 rings (SSSR count). The molecule has 0 bridgehead atoms. The predicted octanol–water partition coefficient (Wildman–Crippen LogP) is 3.47. The Morgan fingerprint density at radius 1 is 1.04 bits per heavy atom. The first-order valence-electron chi connectivity index (χ1n) is 7.68. The lowest BCUT2D eigenvalue weighted by atomic mass is 10.2. The summed E-state index contributed by atoms with van der Waals surface area (Å²) >= 11 is 0. The Hall–Kier alpha value is -3.28. The minimum atomic E-state index is -0.504. The van der Waals surface area contributed by atoms with Gasteiger partial charge in [-0.3, -0.25) is 0 Å². The number of methoxy groups -OCH3 is 1. The lowest BCUT2D eigenvalue weighted by molar-refractivity contribution is -0.147. The molecule has 0 aliphatic rings. The van der Waals surface area contributed by atoms with Crippen LogP contribution in [0.3, 0.4) is 0 Å². The quantitative estimate of drug-likeness (QED) is 0.614. The van der Waals surface area contributed by atoms with Crippen molar-refractivity contribution in [3.63, 3.8) is 0 Å². The van der Waals surface area contributed by atoms with E-state index in [1.54, 1.807) is 24.3 Å². The van der Waals surface area contributed by atoms with Crippen LogP contribution in [0.1, 0.15) is 5.69 Å². The molecule has 0 fully saturated rings. The van der Waals surface area contributed by atoms with Gasteiger partial charge in [-0.1, -0.05) is 47.6 Å². The van der Waals surface area contributed by atoms with E-state index in [1.165, 1.54) is 7.11 Å². The second kappa shape index (κ2) is 8.01. The maximum Gasteiger partial charge on any atom is 0.344 e. The summed E-state index contributed by atoms with van der Waals surface area (Å²) in [7, 11) is 1.54. The van der Waals surface area contributed by atoms with Gasteiger partial charge in [0.2, 0.25) is 0 Å². The summed E-state index contributed by atoms with van der Waals surface area (Å²) in [5.74, 6) is 1.15. The molecule has 25 heavy (non-hydrogen) atoms. The van der Waals surface area contributed by atoms with Crippen LogP contribution in [0, 0.1) is 0 Å². The fraction of sp³-hybridized carbons (Fsp3) is 0.158. The molecule has 0 saturated carbocycles. The number of nitrogens with zero attached hydrogens (tertiary/aromatic N) is 1. The van der Waals surface area contributed by atoms with Crippen molar-refractivity contribution in [3.8, 4) is 22.8 Å². The number of aromatic nitrogens is 1. The summed E-state index contributed by atoms with van der Waals surface area (Å²) in [6, 6.07) is 18.4. The second-order valence-corrected chi connectivity index (χ2v) is 5.15. The summed E-state index contributed by atoms with van der Waals surface area (Å²) in [4.78, 5) is 11.8. The number of para-hydroxylation sites is 2. The Labute approximate surface area is 144 Å². The zero-order valence-corrected chi connectivity index (χ0v) is 13.7. The first-order chi connectivity index (χ1) is 12.3. The molecule has 0 aliphatic heterocycles. The van der Waals surface area contributed by atoms with Gasteiger partial charge in [0.05, 0.1) is 7.11 Å². The van der Waals surface area contributed by atoms with Crippen molar-refractivity contribution in [1.82, 2.24) is 5.16 Å². The van der Waals surface area contributed by atoms with Crippen molar-refractivity contribution >= 4 is 5.97 Å². The third-order valence-corrected chi connectivity index (χ3v) is 3.41. The van der Waals surface area contributed by atoms with Crippen LogP contribution >= 0.6 is 0 Å². The van der Waals surface area contributed by atoms with E-state index in [9.17, 15) is 4.79 Å². The molecule has 0 atom stereocenters. The highest BCUT2D eigenvalue weighted by molar-refractivity contribution is 5.71. The minimum Gasteiger partial charge on any atom is -0.493 e. The van der Waals surface area contributed by atoms with Crippen LogP contribution in [0.2, 0.25) is 0 Å². The number of benzene rings is 2. The summed E-state index contributed by atoms with van der Waals surface area (Å²) in [5.41, 5.74) is 1.44. The number of hydrogen-bond acceptors (Lipinski definition) is 6. The third kappa shape index (κ3) is 4.38. The number of carbonyl (C=O) groups is 1. The molecular weight excluding hydrogens is 322 g/mol. The first-order valence-corrected chi connectivity index (χ1v) is 7.68. The smallest absolute Gasteiger partial charge is 0.344 e. The maximum absolute atomic E-state index is 11.8. The molecule has 6 heteroatoms. The molecule has 2 aromatic carbocycles. The van der Waals surface area contributed by atoms with Gasteiger partial charge in [-0.2, -0.15) is 0 Å². The second-order valence-electron chi connectivity index (χ2n) is 5.15. The molecule has 0 unspecified atom stereocenters. The van der Waals surface area contributed by atoms with E-state index >= 15 is 0 Å². The normalized spacial score (nSPS) is 10.3. The first kappa shape index (κ1) is 16.6. The molecule has 0 N–H and O–H groups in total. The van der Waals surface area contributed by atoms with Gasteiger partial charge in [0.25, 0.3) is 0 Å². The third-order valence-electron chi connectivity index (χ3n) is 3.41. The van der Waals surface area contributed by atoms with Crippen molar-refractivity contribution in [2.75, 3.05) is 13.7 Å². The number of carbonyl (C=O) groups excluding carboxylic acids is 1. The fourth-order valence-corrected chi connectivity index (χ4v) is 2.19. The van der Waals surface area contributed by atoms with Crippen LogP contribution in [-0.4, -0.2) is 24.8 Å². The van der Waals surface area contributed by atoms with Gasteiger partial charge in [-0.15, -0.1) is 0 Å². The van der Waals surface area contributed by atoms with E-state index in [1.807, 2.05) is 36.4 Å². The summed E-state index contributed by atoms with van der Waals surface area (Å²) < 4.78 is 21.0. The van der Waals surface area contributed by atoms with E-state index in [0.717, 1.165) is 5.56 Å². The monoisotopic (exact) mass is 339 g/mol. The standard InChI is InChI=1S/C19H17NO5/c1-22-16-9-5-6-10-17(16)23-13-19(21)24-12-15-11-18(25-20-15)14-7-3-2-4-8-14/h2-11H,12-13H2,1H3. The Kier molecular flexibility index (Phi) is 5.31. The van der Waals surface area contributed by atoms with Crippen molar-refractivity contribution in [3.05, 3.63) is 66.4 Å². The molecule has 6 nitrogen and oxygen atoms in total. The molecule has 0 aliphatic carbocycles. The molecule has 0 radical (unpaired) electrons. The lowest BCUT2D eigenvalue weighted by Crippen LogP contribution is -2.15. The Morgan fingerprint density at radius 3 is 2.52 bits per heavy atom. The molecule has 1 heterocycles. The predicted molar refractivity (Wildman–Crippen MR) is 90.2 cm³/mol. The van der Waals surface area contributed by atoms with Gasteiger partial charge in [0.15, 0.2) is 23.9 Å². The lowest BCUT2D eigenvalue weighted by Gasteiger charge is -2.09. The van der Waals surface area contributed by atoms with Gasteiger partial charge >= 0.3 is 5.97 Å².